The van der Waals surface area contributed by atoms with Gasteiger partial charge in [-0.05, 0) is 29.8 Å². The third-order valence-corrected chi connectivity index (χ3v) is 3.88. The van der Waals surface area contributed by atoms with Crippen molar-refractivity contribution in [3.63, 3.8) is 0 Å². The number of carbonyl (C=O) groups excluding carboxylic acids is 1. The van der Waals surface area contributed by atoms with Crippen LogP contribution in [0.25, 0.3) is 16.6 Å². The number of carbonyl (C=O) groups is 2. The van der Waals surface area contributed by atoms with E-state index < -0.39 is 5.97 Å². The number of carboxylic acids is 1. The number of rotatable bonds is 2. The van der Waals surface area contributed by atoms with Gasteiger partial charge in [-0.1, -0.05) is 18.2 Å². The van der Waals surface area contributed by atoms with Crippen LogP contribution in [0.4, 0.5) is 0 Å². The van der Waals surface area contributed by atoms with Crippen molar-refractivity contribution in [2.75, 3.05) is 0 Å². The number of carboxylic acid groups (broad SMARTS) is 1. The van der Waals surface area contributed by atoms with E-state index in [2.05, 4.69) is 4.98 Å². The summed E-state index contributed by atoms with van der Waals surface area (Å²) in [6.07, 6.45) is -0.179. The Hall–Kier alpha value is -3.28. The molecule has 2 heterocycles. The highest BCUT2D eigenvalue weighted by atomic mass is 16.4. The molecule has 1 aliphatic heterocycles. The number of aliphatic carboxylic acids is 1. The molecule has 1 aliphatic rings. The van der Waals surface area contributed by atoms with E-state index in [1.807, 2.05) is 0 Å². The first-order valence-electron chi connectivity index (χ1n) is 6.98. The summed E-state index contributed by atoms with van der Waals surface area (Å²) in [7, 11) is 0. The number of aromatic nitrogens is 2. The highest BCUT2D eigenvalue weighted by molar-refractivity contribution is 6.13. The molecule has 112 valence electrons. The van der Waals surface area contributed by atoms with Crippen molar-refractivity contribution >= 4 is 22.7 Å². The standard InChI is InChI=1S/C17H10N2O4/c20-14(21)8-9-5-6-13-11(7-9)15(22)16-18-12-4-2-1-3-10(12)17(23)19(13)16/h1-7H,8H2,(H,20,21). The lowest BCUT2D eigenvalue weighted by Crippen LogP contribution is -2.21. The fourth-order valence-corrected chi connectivity index (χ4v) is 2.87. The fourth-order valence-electron chi connectivity index (χ4n) is 2.87. The minimum absolute atomic E-state index is 0.0659. The van der Waals surface area contributed by atoms with Crippen LogP contribution in [0.5, 0.6) is 0 Å². The molecule has 1 aromatic heterocycles. The van der Waals surface area contributed by atoms with Gasteiger partial charge in [0.2, 0.25) is 5.78 Å². The highest BCUT2D eigenvalue weighted by Gasteiger charge is 2.30. The lowest BCUT2D eigenvalue weighted by atomic mass is 10.1. The van der Waals surface area contributed by atoms with Crippen molar-refractivity contribution in [3.05, 3.63) is 69.8 Å². The van der Waals surface area contributed by atoms with E-state index in [1.54, 1.807) is 36.4 Å². The van der Waals surface area contributed by atoms with Crippen molar-refractivity contribution in [3.8, 4) is 5.69 Å². The highest BCUT2D eigenvalue weighted by Crippen LogP contribution is 2.27. The summed E-state index contributed by atoms with van der Waals surface area (Å²) in [5, 5.41) is 9.31. The largest absolute Gasteiger partial charge is 0.481 e. The average Bonchev–Trinajstić information content (AvgIpc) is 2.80. The van der Waals surface area contributed by atoms with Gasteiger partial charge in [-0.2, -0.15) is 0 Å². The zero-order valence-corrected chi connectivity index (χ0v) is 11.8. The molecule has 3 aromatic rings. The van der Waals surface area contributed by atoms with Crippen molar-refractivity contribution in [2.45, 2.75) is 6.42 Å². The summed E-state index contributed by atoms with van der Waals surface area (Å²) in [4.78, 5) is 40.3. The predicted molar refractivity (Wildman–Crippen MR) is 82.1 cm³/mol. The summed E-state index contributed by atoms with van der Waals surface area (Å²) in [6.45, 7) is 0. The van der Waals surface area contributed by atoms with Crippen LogP contribution in [-0.4, -0.2) is 26.4 Å². The molecule has 0 atom stereocenters. The molecule has 23 heavy (non-hydrogen) atoms. The van der Waals surface area contributed by atoms with E-state index >= 15 is 0 Å². The first kappa shape index (κ1) is 13.4. The molecule has 0 aliphatic carbocycles. The Morgan fingerprint density at radius 1 is 1.13 bits per heavy atom. The van der Waals surface area contributed by atoms with Crippen LogP contribution < -0.4 is 5.56 Å². The van der Waals surface area contributed by atoms with E-state index in [9.17, 15) is 14.4 Å². The smallest absolute Gasteiger partial charge is 0.307 e. The monoisotopic (exact) mass is 306 g/mol. The lowest BCUT2D eigenvalue weighted by Gasteiger charge is -2.05. The van der Waals surface area contributed by atoms with E-state index in [-0.39, 0.29) is 23.6 Å². The number of hydrogen-bond acceptors (Lipinski definition) is 4. The van der Waals surface area contributed by atoms with Crippen LogP contribution in [0.2, 0.25) is 0 Å². The Bertz CT molecular complexity index is 1070. The molecular formula is C17H10N2O4. The molecule has 0 bridgehead atoms. The third-order valence-electron chi connectivity index (χ3n) is 3.88. The van der Waals surface area contributed by atoms with Gasteiger partial charge in [0.05, 0.1) is 28.6 Å². The van der Waals surface area contributed by atoms with Crippen molar-refractivity contribution in [1.82, 2.24) is 9.55 Å². The molecule has 0 saturated carbocycles. The maximum Gasteiger partial charge on any atom is 0.307 e. The second-order valence-corrected chi connectivity index (χ2v) is 5.34. The number of benzene rings is 2. The molecular weight excluding hydrogens is 296 g/mol. The topological polar surface area (TPSA) is 89.3 Å². The Balaban J connectivity index is 2.00. The molecule has 2 aromatic carbocycles. The SMILES string of the molecule is O=C(O)Cc1ccc2c(c1)C(=O)c1nc3ccccc3c(=O)n1-2. The second-order valence-electron chi connectivity index (χ2n) is 5.34. The van der Waals surface area contributed by atoms with Crippen molar-refractivity contribution in [2.24, 2.45) is 0 Å². The predicted octanol–water partition coefficient (Wildman–Crippen LogP) is 1.56. The molecule has 0 fully saturated rings. The molecule has 6 nitrogen and oxygen atoms in total. The summed E-state index contributed by atoms with van der Waals surface area (Å²) >= 11 is 0. The molecule has 4 rings (SSSR count). The van der Waals surface area contributed by atoms with E-state index in [0.29, 0.717) is 27.7 Å². The summed E-state index contributed by atoms with van der Waals surface area (Å²) in [5.74, 6) is -1.28. The Morgan fingerprint density at radius 3 is 2.70 bits per heavy atom. The Labute approximate surface area is 129 Å². The zero-order chi connectivity index (χ0) is 16.1. The van der Waals surface area contributed by atoms with E-state index in [1.165, 1.54) is 10.6 Å². The minimum Gasteiger partial charge on any atom is -0.481 e. The number of ketones is 1. The van der Waals surface area contributed by atoms with Gasteiger partial charge in [0.1, 0.15) is 0 Å². The quantitative estimate of drug-likeness (QED) is 0.607. The van der Waals surface area contributed by atoms with Crippen LogP contribution in [0.1, 0.15) is 21.7 Å². The van der Waals surface area contributed by atoms with Crippen LogP contribution >= 0.6 is 0 Å². The summed E-state index contributed by atoms with van der Waals surface area (Å²) in [5.41, 5.74) is 1.43. The van der Waals surface area contributed by atoms with E-state index in [0.717, 1.165) is 0 Å². The van der Waals surface area contributed by atoms with Gasteiger partial charge < -0.3 is 5.11 Å². The average molecular weight is 306 g/mol. The van der Waals surface area contributed by atoms with Crippen LogP contribution in [0.15, 0.2) is 47.3 Å². The molecule has 0 saturated heterocycles. The molecule has 0 radical (unpaired) electrons. The second kappa shape index (κ2) is 4.61. The van der Waals surface area contributed by atoms with Crippen LogP contribution in [0, 0.1) is 0 Å². The first-order chi connectivity index (χ1) is 11.1. The number of nitrogens with zero attached hydrogens (tertiary/aromatic N) is 2. The number of fused-ring (bicyclic) bond motifs is 4. The lowest BCUT2D eigenvalue weighted by molar-refractivity contribution is -0.136. The Kier molecular flexibility index (Phi) is 2.68. The maximum absolute atomic E-state index is 12.7. The van der Waals surface area contributed by atoms with Gasteiger partial charge in [-0.15, -0.1) is 0 Å². The van der Waals surface area contributed by atoms with Gasteiger partial charge >= 0.3 is 5.97 Å². The van der Waals surface area contributed by atoms with Gasteiger partial charge in [-0.3, -0.25) is 19.0 Å². The molecule has 0 amide bonds. The van der Waals surface area contributed by atoms with Crippen LogP contribution in [0.3, 0.4) is 0 Å². The van der Waals surface area contributed by atoms with Crippen molar-refractivity contribution < 1.29 is 14.7 Å². The normalized spacial score (nSPS) is 12.3. The zero-order valence-electron chi connectivity index (χ0n) is 11.8. The number of hydrogen-bond donors (Lipinski definition) is 1. The molecule has 6 heteroatoms. The van der Waals surface area contributed by atoms with Gasteiger partial charge in [0, 0.05) is 0 Å². The van der Waals surface area contributed by atoms with Crippen LogP contribution in [-0.2, 0) is 11.2 Å². The minimum atomic E-state index is -0.978. The summed E-state index contributed by atoms with van der Waals surface area (Å²) in [6, 6.07) is 11.6. The van der Waals surface area contributed by atoms with Gasteiger partial charge in [0.15, 0.2) is 5.82 Å². The van der Waals surface area contributed by atoms with Crippen molar-refractivity contribution in [1.29, 1.82) is 0 Å². The van der Waals surface area contributed by atoms with Gasteiger partial charge in [0.25, 0.3) is 5.56 Å². The molecule has 0 spiro atoms. The van der Waals surface area contributed by atoms with Gasteiger partial charge in [-0.25, -0.2) is 4.98 Å². The first-order valence-corrected chi connectivity index (χ1v) is 6.98. The molecule has 1 N–H and O–H groups in total. The summed E-state index contributed by atoms with van der Waals surface area (Å²) < 4.78 is 1.30. The third kappa shape index (κ3) is 1.88. The number of para-hydroxylation sites is 1. The Morgan fingerprint density at radius 2 is 1.91 bits per heavy atom. The maximum atomic E-state index is 12.7. The fraction of sp³-hybridized carbons (Fsp3) is 0.0588. The van der Waals surface area contributed by atoms with E-state index in [4.69, 9.17) is 5.11 Å². The molecule has 0 unspecified atom stereocenters.